The number of benzene rings is 1. The third kappa shape index (κ3) is 11.7. The van der Waals surface area contributed by atoms with Crippen LogP contribution >= 0.6 is 11.3 Å². The zero-order valence-electron chi connectivity index (χ0n) is 21.9. The second-order valence-electron chi connectivity index (χ2n) is 8.98. The first-order valence-corrected chi connectivity index (χ1v) is 13.4. The molecule has 0 spiro atoms. The topological polar surface area (TPSA) is 178 Å². The number of aryl methyl sites for hydroxylation is 1. The third-order valence-corrected chi connectivity index (χ3v) is 6.44. The number of halogens is 3. The number of carbonyl (C=O) groups is 2. The molecule has 1 aliphatic rings. The van der Waals surface area contributed by atoms with E-state index in [2.05, 4.69) is 30.6 Å². The Morgan fingerprint density at radius 2 is 1.93 bits per heavy atom. The van der Waals surface area contributed by atoms with Gasteiger partial charge >= 0.3 is 6.36 Å². The lowest BCUT2D eigenvalue weighted by Gasteiger charge is -2.11. The van der Waals surface area contributed by atoms with Crippen molar-refractivity contribution in [2.45, 2.75) is 57.7 Å². The lowest BCUT2D eigenvalue weighted by atomic mass is 10.1. The van der Waals surface area contributed by atoms with Gasteiger partial charge in [-0.05, 0) is 62.5 Å². The minimum absolute atomic E-state index is 0.0319. The number of aliphatic imine (C=N–C) groups is 1. The standard InChI is InChI=1S/C26H30F3N7O4S/c27-26(28,29)40-19-9-10-20(37)16(13-19)14-22(38)33-21(31)11-8-17(30)5-1-2-7-24-35-36-25(41-24)34-23(39)15-18-6-3-4-12-32-18/h4,8-13,37H,1-3,5-7,14-15,30-31H2,(H,33,38)(H,34,36,39)/b17-8-,21-11+. The molecule has 7 N–H and O–H groups in total. The highest BCUT2D eigenvalue weighted by molar-refractivity contribution is 7.15. The van der Waals surface area contributed by atoms with Crippen molar-refractivity contribution in [3.05, 3.63) is 64.7 Å². The first-order valence-electron chi connectivity index (χ1n) is 12.6. The molecule has 0 aliphatic carbocycles. The third-order valence-electron chi connectivity index (χ3n) is 5.54. The molecule has 2 amide bonds. The SMILES string of the molecule is N/C(=C\C=C(/N)NC(=O)Cc1cc(OC(F)(F)F)ccc1O)CCCCc1nnc(NC(=O)CC2=NC=CCC2)s1. The number of phenolic OH excluding ortho intramolecular Hbond substituents is 1. The molecule has 0 bridgehead atoms. The Bertz CT molecular complexity index is 1350. The largest absolute Gasteiger partial charge is 0.573 e. The van der Waals surface area contributed by atoms with Crippen molar-refractivity contribution in [2.75, 3.05) is 5.32 Å². The van der Waals surface area contributed by atoms with Crippen LogP contribution in [0.25, 0.3) is 0 Å². The van der Waals surface area contributed by atoms with E-state index in [1.807, 2.05) is 6.08 Å². The number of nitrogens with one attached hydrogen (secondary N) is 2. The summed E-state index contributed by atoms with van der Waals surface area (Å²) in [7, 11) is 0. The fourth-order valence-corrected chi connectivity index (χ4v) is 4.44. The highest BCUT2D eigenvalue weighted by Gasteiger charge is 2.31. The smallest absolute Gasteiger partial charge is 0.508 e. The Labute approximate surface area is 237 Å². The van der Waals surface area contributed by atoms with Crippen LogP contribution in [0, 0.1) is 0 Å². The van der Waals surface area contributed by atoms with E-state index in [0.29, 0.717) is 23.7 Å². The second-order valence-corrected chi connectivity index (χ2v) is 10.0. The van der Waals surface area contributed by atoms with Gasteiger partial charge in [0.1, 0.15) is 22.3 Å². The average Bonchev–Trinajstić information content (AvgIpc) is 3.34. The Morgan fingerprint density at radius 1 is 1.12 bits per heavy atom. The molecule has 2 heterocycles. The van der Waals surface area contributed by atoms with Gasteiger partial charge in [0.15, 0.2) is 0 Å². The Morgan fingerprint density at radius 3 is 2.66 bits per heavy atom. The summed E-state index contributed by atoms with van der Waals surface area (Å²) < 4.78 is 41.0. The molecule has 0 saturated carbocycles. The fourth-order valence-electron chi connectivity index (χ4n) is 3.64. The summed E-state index contributed by atoms with van der Waals surface area (Å²) in [4.78, 5) is 28.6. The monoisotopic (exact) mass is 593 g/mol. The van der Waals surface area contributed by atoms with Crippen molar-refractivity contribution in [1.82, 2.24) is 15.5 Å². The first-order chi connectivity index (χ1) is 19.5. The highest BCUT2D eigenvalue weighted by atomic mass is 32.1. The number of aromatic nitrogens is 2. The average molecular weight is 594 g/mol. The number of rotatable bonds is 13. The van der Waals surface area contributed by atoms with Crippen molar-refractivity contribution >= 4 is 34.0 Å². The summed E-state index contributed by atoms with van der Waals surface area (Å²) in [5.74, 6) is -1.78. The summed E-state index contributed by atoms with van der Waals surface area (Å²) in [6.45, 7) is 0. The molecule has 0 unspecified atom stereocenters. The number of alkyl halides is 3. The molecule has 0 radical (unpaired) electrons. The summed E-state index contributed by atoms with van der Waals surface area (Å²) in [5.41, 5.74) is 13.1. The van der Waals surface area contributed by atoms with E-state index in [1.165, 1.54) is 23.5 Å². The zero-order chi connectivity index (χ0) is 29.8. The van der Waals surface area contributed by atoms with Gasteiger partial charge in [-0.2, -0.15) is 0 Å². The summed E-state index contributed by atoms with van der Waals surface area (Å²) in [6, 6.07) is 2.86. The van der Waals surface area contributed by atoms with Crippen molar-refractivity contribution in [3.8, 4) is 11.5 Å². The minimum Gasteiger partial charge on any atom is -0.508 e. The van der Waals surface area contributed by atoms with Gasteiger partial charge in [0.2, 0.25) is 16.9 Å². The number of hydrogen-bond donors (Lipinski definition) is 5. The number of amides is 2. The number of unbranched alkanes of at least 4 members (excludes halogenated alkanes) is 1. The zero-order valence-corrected chi connectivity index (χ0v) is 22.7. The number of anilines is 1. The van der Waals surface area contributed by atoms with Crippen LogP contribution in [0.15, 0.2) is 59.1 Å². The molecule has 1 aromatic carbocycles. The maximum absolute atomic E-state index is 12.4. The van der Waals surface area contributed by atoms with Gasteiger partial charge < -0.3 is 31.9 Å². The fraction of sp³-hybridized carbons (Fsp3) is 0.346. The van der Waals surface area contributed by atoms with E-state index in [9.17, 15) is 27.9 Å². The Balaban J connectivity index is 1.37. The number of aromatic hydroxyl groups is 1. The van der Waals surface area contributed by atoms with Crippen LogP contribution in [0.4, 0.5) is 18.3 Å². The lowest BCUT2D eigenvalue weighted by Crippen LogP contribution is -2.28. The summed E-state index contributed by atoms with van der Waals surface area (Å²) in [6.07, 6.45) is 5.87. The van der Waals surface area contributed by atoms with Crippen molar-refractivity contribution < 1.29 is 32.6 Å². The highest BCUT2D eigenvalue weighted by Crippen LogP contribution is 2.28. The molecule has 0 fully saturated rings. The number of nitrogens with two attached hydrogens (primary N) is 2. The number of hydrogen-bond acceptors (Lipinski definition) is 10. The van der Waals surface area contributed by atoms with E-state index in [4.69, 9.17) is 11.5 Å². The maximum Gasteiger partial charge on any atom is 0.573 e. The molecular formula is C26H30F3N7O4S. The van der Waals surface area contributed by atoms with Gasteiger partial charge in [0.25, 0.3) is 0 Å². The molecule has 1 aliphatic heterocycles. The number of phenols is 1. The number of ether oxygens (including phenoxy) is 1. The quantitative estimate of drug-likeness (QED) is 0.171. The summed E-state index contributed by atoms with van der Waals surface area (Å²) >= 11 is 1.31. The second kappa shape index (κ2) is 14.8. The lowest BCUT2D eigenvalue weighted by molar-refractivity contribution is -0.274. The number of carbonyl (C=O) groups excluding carboxylic acids is 2. The number of allylic oxidation sites excluding steroid dienone is 4. The van der Waals surface area contributed by atoms with E-state index in [0.717, 1.165) is 54.6 Å². The van der Waals surface area contributed by atoms with E-state index in [-0.39, 0.29) is 29.5 Å². The van der Waals surface area contributed by atoms with Crippen LogP contribution in [-0.4, -0.2) is 39.2 Å². The van der Waals surface area contributed by atoms with Gasteiger partial charge in [0, 0.05) is 29.6 Å². The molecular weight excluding hydrogens is 563 g/mol. The molecule has 11 nitrogen and oxygen atoms in total. The normalized spacial score (nSPS) is 14.0. The molecule has 41 heavy (non-hydrogen) atoms. The molecule has 1 aromatic heterocycles. The Hall–Kier alpha value is -4.40. The van der Waals surface area contributed by atoms with Gasteiger partial charge in [-0.1, -0.05) is 17.4 Å². The molecule has 3 rings (SSSR count). The Kier molecular flexibility index (Phi) is 11.3. The van der Waals surface area contributed by atoms with Gasteiger partial charge in [0.05, 0.1) is 12.8 Å². The first kappa shape index (κ1) is 31.1. The van der Waals surface area contributed by atoms with Crippen LogP contribution < -0.4 is 26.8 Å². The van der Waals surface area contributed by atoms with Crippen molar-refractivity contribution in [1.29, 1.82) is 0 Å². The predicted octanol–water partition coefficient (Wildman–Crippen LogP) is 3.93. The molecule has 15 heteroatoms. The van der Waals surface area contributed by atoms with Crippen LogP contribution in [0.2, 0.25) is 0 Å². The van der Waals surface area contributed by atoms with Gasteiger partial charge in [-0.3, -0.25) is 14.6 Å². The van der Waals surface area contributed by atoms with Crippen LogP contribution in [-0.2, 0) is 22.4 Å². The van der Waals surface area contributed by atoms with E-state index >= 15 is 0 Å². The molecule has 0 saturated heterocycles. The van der Waals surface area contributed by atoms with Crippen LogP contribution in [0.1, 0.15) is 49.1 Å². The maximum atomic E-state index is 12.4. The molecule has 0 atom stereocenters. The molecule has 2 aromatic rings. The minimum atomic E-state index is -4.90. The summed E-state index contributed by atoms with van der Waals surface area (Å²) in [5, 5.41) is 24.3. The van der Waals surface area contributed by atoms with Crippen LogP contribution in [0.3, 0.4) is 0 Å². The van der Waals surface area contributed by atoms with Gasteiger partial charge in [-0.25, -0.2) is 0 Å². The van der Waals surface area contributed by atoms with E-state index < -0.39 is 24.4 Å². The van der Waals surface area contributed by atoms with Crippen molar-refractivity contribution in [2.24, 2.45) is 16.5 Å². The predicted molar refractivity (Wildman–Crippen MR) is 148 cm³/mol. The number of nitrogens with zero attached hydrogens (tertiary/aromatic N) is 3. The van der Waals surface area contributed by atoms with Crippen LogP contribution in [0.5, 0.6) is 11.5 Å². The van der Waals surface area contributed by atoms with Gasteiger partial charge in [-0.15, -0.1) is 23.4 Å². The van der Waals surface area contributed by atoms with E-state index in [1.54, 1.807) is 6.20 Å². The van der Waals surface area contributed by atoms with Crippen molar-refractivity contribution in [3.63, 3.8) is 0 Å². The molecule has 220 valence electrons.